The van der Waals surface area contributed by atoms with E-state index in [1.807, 2.05) is 6.92 Å². The smallest absolute Gasteiger partial charge is 0.306 e. The van der Waals surface area contributed by atoms with E-state index in [2.05, 4.69) is 6.92 Å². The molecular weight excluding hydrogens is 282 g/mol. The number of likely N-dealkylation sites (tertiary alicyclic amines) is 1. The zero-order valence-corrected chi connectivity index (χ0v) is 13.8. The number of piperidine rings is 1. The molecule has 2 aliphatic rings. The first-order valence-electron chi connectivity index (χ1n) is 8.68. The summed E-state index contributed by atoms with van der Waals surface area (Å²) in [6, 6.07) is 0. The van der Waals surface area contributed by atoms with Crippen molar-refractivity contribution in [3.8, 4) is 0 Å². The normalized spacial score (nSPS) is 28.4. The van der Waals surface area contributed by atoms with Gasteiger partial charge >= 0.3 is 5.97 Å². The number of nitrogens with zero attached hydrogens (tertiary/aromatic N) is 1. The molecule has 1 saturated heterocycles. The van der Waals surface area contributed by atoms with Crippen LogP contribution in [0.25, 0.3) is 0 Å². The van der Waals surface area contributed by atoms with Crippen LogP contribution in [0.2, 0.25) is 0 Å². The average Bonchev–Trinajstić information content (AvgIpc) is 2.52. The van der Waals surface area contributed by atoms with Gasteiger partial charge in [-0.2, -0.15) is 0 Å². The van der Waals surface area contributed by atoms with Gasteiger partial charge in [0.1, 0.15) is 6.10 Å². The van der Waals surface area contributed by atoms with Crippen LogP contribution < -0.4 is 0 Å². The molecule has 0 bridgehead atoms. The molecule has 1 amide bonds. The van der Waals surface area contributed by atoms with Crippen molar-refractivity contribution in [2.24, 2.45) is 11.8 Å². The molecule has 0 unspecified atom stereocenters. The standard InChI is InChI=1S/C17H29NO4/c1-3-15(22-14-6-4-5-12(2)11-14)16(19)18-9-7-13(8-10-18)17(20)21/h12-15H,3-11H2,1-2H3,(H,20,21)/t12-,14+,15-/m0/s1. The summed E-state index contributed by atoms with van der Waals surface area (Å²) in [7, 11) is 0. The first-order valence-corrected chi connectivity index (χ1v) is 8.68. The van der Waals surface area contributed by atoms with E-state index < -0.39 is 5.97 Å². The molecule has 22 heavy (non-hydrogen) atoms. The quantitative estimate of drug-likeness (QED) is 0.847. The van der Waals surface area contributed by atoms with E-state index in [-0.39, 0.29) is 24.0 Å². The van der Waals surface area contributed by atoms with Crippen LogP contribution in [0.1, 0.15) is 58.8 Å². The number of rotatable bonds is 5. The fraction of sp³-hybridized carbons (Fsp3) is 0.882. The molecule has 0 aromatic carbocycles. The number of hydrogen-bond acceptors (Lipinski definition) is 3. The van der Waals surface area contributed by atoms with Crippen LogP contribution in [0.4, 0.5) is 0 Å². The summed E-state index contributed by atoms with van der Waals surface area (Å²) in [6.07, 6.45) is 6.16. The molecule has 0 aromatic rings. The summed E-state index contributed by atoms with van der Waals surface area (Å²) in [5.74, 6) is -0.321. The summed E-state index contributed by atoms with van der Waals surface area (Å²) in [5, 5.41) is 9.03. The Morgan fingerprint density at radius 1 is 1.23 bits per heavy atom. The van der Waals surface area contributed by atoms with Crippen molar-refractivity contribution < 1.29 is 19.4 Å². The molecule has 5 heteroatoms. The van der Waals surface area contributed by atoms with E-state index in [0.29, 0.717) is 38.3 Å². The van der Waals surface area contributed by atoms with E-state index in [9.17, 15) is 9.59 Å². The minimum atomic E-state index is -0.744. The first kappa shape index (κ1) is 17.3. The number of carbonyl (C=O) groups is 2. The zero-order chi connectivity index (χ0) is 16.1. The van der Waals surface area contributed by atoms with Crippen LogP contribution in [0.3, 0.4) is 0 Å². The predicted octanol–water partition coefficient (Wildman–Crippen LogP) is 2.68. The van der Waals surface area contributed by atoms with Gasteiger partial charge in [-0.25, -0.2) is 0 Å². The van der Waals surface area contributed by atoms with Gasteiger partial charge in [0.25, 0.3) is 5.91 Å². The maximum Gasteiger partial charge on any atom is 0.306 e. The van der Waals surface area contributed by atoms with Crippen molar-refractivity contribution in [2.45, 2.75) is 71.0 Å². The third-order valence-electron chi connectivity index (χ3n) is 5.05. The zero-order valence-electron chi connectivity index (χ0n) is 13.8. The molecule has 0 aromatic heterocycles. The second kappa shape index (κ2) is 7.95. The van der Waals surface area contributed by atoms with Crippen LogP contribution in [-0.2, 0) is 14.3 Å². The van der Waals surface area contributed by atoms with Crippen molar-refractivity contribution >= 4 is 11.9 Å². The SMILES string of the molecule is CC[C@H](O[C@@H]1CCC[C@H](C)C1)C(=O)N1CCC(C(=O)O)CC1. The Morgan fingerprint density at radius 2 is 1.91 bits per heavy atom. The minimum absolute atomic E-state index is 0.0459. The van der Waals surface area contributed by atoms with Gasteiger partial charge in [-0.05, 0) is 38.0 Å². The van der Waals surface area contributed by atoms with Gasteiger partial charge in [-0.15, -0.1) is 0 Å². The Bertz CT molecular complexity index is 390. The lowest BCUT2D eigenvalue weighted by Gasteiger charge is -2.35. The number of ether oxygens (including phenoxy) is 1. The highest BCUT2D eigenvalue weighted by molar-refractivity contribution is 5.81. The van der Waals surface area contributed by atoms with Crippen molar-refractivity contribution in [3.63, 3.8) is 0 Å². The summed E-state index contributed by atoms with van der Waals surface area (Å²) >= 11 is 0. The van der Waals surface area contributed by atoms with Crippen molar-refractivity contribution in [2.75, 3.05) is 13.1 Å². The number of hydrogen-bond donors (Lipinski definition) is 1. The molecule has 5 nitrogen and oxygen atoms in total. The number of carbonyl (C=O) groups excluding carboxylic acids is 1. The monoisotopic (exact) mass is 311 g/mol. The minimum Gasteiger partial charge on any atom is -0.481 e. The van der Waals surface area contributed by atoms with E-state index in [0.717, 1.165) is 12.8 Å². The van der Waals surface area contributed by atoms with E-state index >= 15 is 0 Å². The third kappa shape index (κ3) is 4.45. The van der Waals surface area contributed by atoms with Gasteiger partial charge in [0.15, 0.2) is 0 Å². The molecule has 126 valence electrons. The van der Waals surface area contributed by atoms with E-state index in [1.165, 1.54) is 12.8 Å². The van der Waals surface area contributed by atoms with Gasteiger partial charge in [0, 0.05) is 13.1 Å². The van der Waals surface area contributed by atoms with Gasteiger partial charge < -0.3 is 14.7 Å². The maximum absolute atomic E-state index is 12.6. The van der Waals surface area contributed by atoms with Crippen LogP contribution in [0.5, 0.6) is 0 Å². The first-order chi connectivity index (χ1) is 10.5. The molecule has 2 rings (SSSR count). The van der Waals surface area contributed by atoms with Crippen molar-refractivity contribution in [1.29, 1.82) is 0 Å². The molecule has 1 aliphatic carbocycles. The van der Waals surface area contributed by atoms with Gasteiger partial charge in [0.2, 0.25) is 0 Å². The largest absolute Gasteiger partial charge is 0.481 e. The summed E-state index contributed by atoms with van der Waals surface area (Å²) < 4.78 is 6.09. The van der Waals surface area contributed by atoms with Gasteiger partial charge in [-0.3, -0.25) is 9.59 Å². The fourth-order valence-electron chi connectivity index (χ4n) is 3.61. The summed E-state index contributed by atoms with van der Waals surface area (Å²) in [5.41, 5.74) is 0. The topological polar surface area (TPSA) is 66.8 Å². The molecule has 1 aliphatic heterocycles. The highest BCUT2D eigenvalue weighted by atomic mass is 16.5. The third-order valence-corrected chi connectivity index (χ3v) is 5.05. The lowest BCUT2D eigenvalue weighted by Crippen LogP contribution is -2.46. The number of carboxylic acids is 1. The molecule has 3 atom stereocenters. The predicted molar refractivity (Wildman–Crippen MR) is 83.5 cm³/mol. The number of amides is 1. The molecule has 1 saturated carbocycles. The number of aliphatic carboxylic acids is 1. The molecule has 0 radical (unpaired) electrons. The Morgan fingerprint density at radius 3 is 2.45 bits per heavy atom. The Balaban J connectivity index is 1.85. The Labute approximate surface area is 133 Å². The summed E-state index contributed by atoms with van der Waals surface area (Å²) in [6.45, 7) is 5.31. The average molecular weight is 311 g/mol. The molecule has 2 fully saturated rings. The van der Waals surface area contributed by atoms with E-state index in [4.69, 9.17) is 9.84 Å². The number of carboxylic acid groups (broad SMARTS) is 1. The lowest BCUT2D eigenvalue weighted by molar-refractivity contribution is -0.154. The van der Waals surface area contributed by atoms with Crippen molar-refractivity contribution in [1.82, 2.24) is 4.90 Å². The molecule has 1 N–H and O–H groups in total. The van der Waals surface area contributed by atoms with Gasteiger partial charge in [-0.1, -0.05) is 26.7 Å². The van der Waals surface area contributed by atoms with Crippen molar-refractivity contribution in [3.05, 3.63) is 0 Å². The lowest BCUT2D eigenvalue weighted by atomic mass is 9.88. The highest BCUT2D eigenvalue weighted by Gasteiger charge is 2.32. The van der Waals surface area contributed by atoms with E-state index in [1.54, 1.807) is 4.90 Å². The molecule has 0 spiro atoms. The second-order valence-electron chi connectivity index (χ2n) is 6.86. The van der Waals surface area contributed by atoms with Crippen LogP contribution in [0.15, 0.2) is 0 Å². The second-order valence-corrected chi connectivity index (χ2v) is 6.86. The fourth-order valence-corrected chi connectivity index (χ4v) is 3.61. The highest BCUT2D eigenvalue weighted by Crippen LogP contribution is 2.27. The maximum atomic E-state index is 12.6. The Hall–Kier alpha value is -1.10. The molecule has 1 heterocycles. The van der Waals surface area contributed by atoms with Crippen LogP contribution in [-0.4, -0.2) is 47.2 Å². The van der Waals surface area contributed by atoms with Crippen LogP contribution >= 0.6 is 0 Å². The Kier molecular flexibility index (Phi) is 6.24. The summed E-state index contributed by atoms with van der Waals surface area (Å²) in [4.78, 5) is 25.4. The van der Waals surface area contributed by atoms with Gasteiger partial charge in [0.05, 0.1) is 12.0 Å². The molecular formula is C17H29NO4. The van der Waals surface area contributed by atoms with Crippen LogP contribution in [0, 0.1) is 11.8 Å².